The maximum atomic E-state index is 13.7. The van der Waals surface area contributed by atoms with Gasteiger partial charge in [-0.15, -0.1) is 0 Å². The van der Waals surface area contributed by atoms with Crippen molar-refractivity contribution in [3.05, 3.63) is 72.6 Å². The van der Waals surface area contributed by atoms with Crippen LogP contribution in [0.4, 0.5) is 9.59 Å². The Morgan fingerprint density at radius 2 is 0.946 bits per heavy atom. The monoisotopic (exact) mass is 766 g/mol. The molecule has 6 rings (SSSR count). The van der Waals surface area contributed by atoms with Gasteiger partial charge in [0.15, 0.2) is 0 Å². The first-order valence-corrected chi connectivity index (χ1v) is 19.5. The minimum atomic E-state index is -0.704. The van der Waals surface area contributed by atoms with Crippen molar-refractivity contribution in [3.63, 3.8) is 0 Å². The topological polar surface area (TPSA) is 175 Å². The number of aromatic amines is 2. The molecule has 0 radical (unpaired) electrons. The Bertz CT molecular complexity index is 1860. The second-order valence-corrected chi connectivity index (χ2v) is 15.6. The number of amides is 4. The van der Waals surface area contributed by atoms with Crippen LogP contribution < -0.4 is 10.6 Å². The fourth-order valence-electron chi connectivity index (χ4n) is 7.96. The van der Waals surface area contributed by atoms with Crippen LogP contribution in [0.5, 0.6) is 0 Å². The molecule has 56 heavy (non-hydrogen) atoms. The molecule has 0 bridgehead atoms. The number of nitrogens with one attached hydrogen (secondary N) is 4. The minimum Gasteiger partial charge on any atom is -0.453 e. The van der Waals surface area contributed by atoms with E-state index < -0.39 is 24.3 Å². The Morgan fingerprint density at radius 1 is 0.607 bits per heavy atom. The number of aromatic nitrogens is 4. The van der Waals surface area contributed by atoms with Gasteiger partial charge in [-0.25, -0.2) is 19.6 Å². The maximum Gasteiger partial charge on any atom is 0.407 e. The zero-order valence-corrected chi connectivity index (χ0v) is 33.5. The number of H-pyrrole nitrogens is 2. The van der Waals surface area contributed by atoms with E-state index in [2.05, 4.69) is 69.1 Å². The zero-order valence-electron chi connectivity index (χ0n) is 33.5. The van der Waals surface area contributed by atoms with Gasteiger partial charge in [0.05, 0.1) is 50.1 Å². The third-order valence-electron chi connectivity index (χ3n) is 11.2. The molecule has 4 aromatic rings. The second kappa shape index (κ2) is 17.0. The van der Waals surface area contributed by atoms with Crippen molar-refractivity contribution in [1.82, 2.24) is 40.4 Å². The molecule has 4 heterocycles. The van der Waals surface area contributed by atoms with E-state index in [1.54, 1.807) is 12.4 Å². The number of hydrogen-bond donors (Lipinski definition) is 4. The molecule has 14 nitrogen and oxygen atoms in total. The van der Waals surface area contributed by atoms with Gasteiger partial charge in [0.1, 0.15) is 23.7 Å². The van der Waals surface area contributed by atoms with Crippen molar-refractivity contribution in [2.75, 3.05) is 14.2 Å². The Balaban J connectivity index is 1.13. The molecule has 14 heteroatoms. The van der Waals surface area contributed by atoms with E-state index in [0.29, 0.717) is 0 Å². The molecule has 2 fully saturated rings. The van der Waals surface area contributed by atoms with Gasteiger partial charge in [0.2, 0.25) is 11.8 Å². The van der Waals surface area contributed by atoms with Gasteiger partial charge in [0.25, 0.3) is 0 Å². The number of benzene rings is 2. The molecule has 4 N–H and O–H groups in total. The first-order chi connectivity index (χ1) is 26.8. The Labute approximate surface area is 328 Å². The first-order valence-electron chi connectivity index (χ1n) is 19.5. The number of likely N-dealkylation sites (tertiary alicyclic amines) is 2. The Hall–Kier alpha value is -5.66. The van der Waals surface area contributed by atoms with E-state index in [4.69, 9.17) is 19.4 Å². The summed E-state index contributed by atoms with van der Waals surface area (Å²) in [5.41, 5.74) is 5.76. The number of imidazole rings is 2. The molecule has 2 aromatic carbocycles. The van der Waals surface area contributed by atoms with Crippen LogP contribution in [0.15, 0.2) is 60.9 Å². The fourth-order valence-corrected chi connectivity index (χ4v) is 7.96. The van der Waals surface area contributed by atoms with Gasteiger partial charge in [0, 0.05) is 12.1 Å². The molecule has 2 aromatic heterocycles. The molecule has 298 valence electrons. The summed E-state index contributed by atoms with van der Waals surface area (Å²) >= 11 is 0. The second-order valence-electron chi connectivity index (χ2n) is 15.6. The van der Waals surface area contributed by atoms with Gasteiger partial charge in [-0.3, -0.25) is 9.59 Å². The molecular formula is C42H54N8O6. The van der Waals surface area contributed by atoms with Crippen LogP contribution in [0.3, 0.4) is 0 Å². The summed E-state index contributed by atoms with van der Waals surface area (Å²) < 4.78 is 9.56. The molecule has 0 saturated carbocycles. The summed E-state index contributed by atoms with van der Waals surface area (Å²) in [6.45, 7) is 11.7. The molecule has 6 atom stereocenters. The lowest BCUT2D eigenvalue weighted by Gasteiger charge is -2.32. The van der Waals surface area contributed by atoms with Crippen LogP contribution in [0.25, 0.3) is 33.6 Å². The van der Waals surface area contributed by atoms with Gasteiger partial charge < -0.3 is 39.9 Å². The number of carbonyl (C=O) groups excluding carboxylic acids is 4. The van der Waals surface area contributed by atoms with Crippen LogP contribution in [0.2, 0.25) is 0 Å². The largest absolute Gasteiger partial charge is 0.453 e. The quantitative estimate of drug-likeness (QED) is 0.126. The molecule has 0 spiro atoms. The van der Waals surface area contributed by atoms with E-state index in [9.17, 15) is 19.2 Å². The molecule has 2 saturated heterocycles. The van der Waals surface area contributed by atoms with Crippen LogP contribution in [0, 0.1) is 11.8 Å². The first kappa shape index (κ1) is 40.0. The molecular weight excluding hydrogens is 713 g/mol. The number of carbonyl (C=O) groups is 4. The Morgan fingerprint density at radius 3 is 1.27 bits per heavy atom. The number of nitrogens with zero attached hydrogens (tertiary/aromatic N) is 4. The molecule has 0 unspecified atom stereocenters. The van der Waals surface area contributed by atoms with Crippen molar-refractivity contribution < 1.29 is 28.7 Å². The highest BCUT2D eigenvalue weighted by Crippen LogP contribution is 2.38. The summed E-state index contributed by atoms with van der Waals surface area (Å²) in [6.07, 6.45) is 5.56. The predicted molar refractivity (Wildman–Crippen MR) is 212 cm³/mol. The average molecular weight is 767 g/mol. The molecule has 2 aliphatic rings. The highest BCUT2D eigenvalue weighted by atomic mass is 16.5. The zero-order chi connectivity index (χ0) is 40.3. The van der Waals surface area contributed by atoms with Gasteiger partial charge >= 0.3 is 12.2 Å². The highest BCUT2D eigenvalue weighted by Gasteiger charge is 2.42. The summed E-state index contributed by atoms with van der Waals surface area (Å²) in [6, 6.07) is 14.6. The number of ether oxygens (including phenoxy) is 2. The van der Waals surface area contributed by atoms with Crippen LogP contribution in [-0.2, 0) is 19.1 Å². The third-order valence-corrected chi connectivity index (χ3v) is 11.2. The van der Waals surface area contributed by atoms with Crippen molar-refractivity contribution in [3.8, 4) is 33.6 Å². The number of alkyl carbamates (subject to hydrolysis) is 2. The van der Waals surface area contributed by atoms with Crippen molar-refractivity contribution >= 4 is 24.0 Å². The van der Waals surface area contributed by atoms with E-state index in [1.807, 2.05) is 51.3 Å². The molecule has 2 aliphatic heterocycles. The van der Waals surface area contributed by atoms with E-state index >= 15 is 0 Å². The summed E-state index contributed by atoms with van der Waals surface area (Å²) in [7, 11) is 2.58. The number of rotatable bonds is 11. The molecule has 0 aliphatic carbocycles. The van der Waals surface area contributed by atoms with Gasteiger partial charge in [-0.2, -0.15) is 0 Å². The van der Waals surface area contributed by atoms with Crippen LogP contribution in [-0.4, -0.2) is 92.1 Å². The highest BCUT2D eigenvalue weighted by molar-refractivity contribution is 5.87. The molecule has 4 amide bonds. The van der Waals surface area contributed by atoms with E-state index in [0.717, 1.165) is 71.0 Å². The summed E-state index contributed by atoms with van der Waals surface area (Å²) in [5, 5.41) is 5.43. The van der Waals surface area contributed by atoms with Gasteiger partial charge in [-0.05, 0) is 73.6 Å². The van der Waals surface area contributed by atoms with E-state index in [1.165, 1.54) is 14.2 Å². The standard InChI is InChI=1S/C42H54N8O6/c1-23(2)35(47-41(53)55-7)39(51)49-25(5)9-19-33(49)37-43-21-31(45-37)29-15-11-27(12-16-29)28-13-17-30(18-14-28)32-22-44-38(46-32)34-20-10-26(6)50(34)40(52)36(24(3)4)48-42(54)56-8/h11-18,21-26,33-36H,9-10,19-20H2,1-8H3,(H,43,45)(H,44,46)(H,47,53)(H,48,54)/t25-,26-,33-,34-,35-,36-/m0/s1. The van der Waals surface area contributed by atoms with Crippen molar-refractivity contribution in [2.45, 2.75) is 103 Å². The lowest BCUT2D eigenvalue weighted by molar-refractivity contribution is -0.138. The van der Waals surface area contributed by atoms with E-state index in [-0.39, 0.29) is 47.8 Å². The lowest BCUT2D eigenvalue weighted by Crippen LogP contribution is -2.52. The lowest BCUT2D eigenvalue weighted by atomic mass is 10.0. The van der Waals surface area contributed by atoms with Crippen molar-refractivity contribution in [2.24, 2.45) is 11.8 Å². The van der Waals surface area contributed by atoms with Crippen LogP contribution in [0.1, 0.15) is 91.0 Å². The van der Waals surface area contributed by atoms with Gasteiger partial charge in [-0.1, -0.05) is 76.2 Å². The smallest absolute Gasteiger partial charge is 0.407 e. The fraction of sp³-hybridized carbons (Fsp3) is 0.476. The minimum absolute atomic E-state index is 0.000678. The summed E-state index contributed by atoms with van der Waals surface area (Å²) in [4.78, 5) is 71.5. The maximum absolute atomic E-state index is 13.7. The average Bonchev–Trinajstić information content (AvgIpc) is 4.02. The predicted octanol–water partition coefficient (Wildman–Crippen LogP) is 7.00. The third kappa shape index (κ3) is 8.29. The summed E-state index contributed by atoms with van der Waals surface area (Å²) in [5.74, 6) is 0.918. The van der Waals surface area contributed by atoms with Crippen molar-refractivity contribution in [1.29, 1.82) is 0 Å². The Kier molecular flexibility index (Phi) is 12.2. The SMILES string of the molecule is COC(=O)N[C@H](C(=O)N1[C@@H](C)CC[C@H]1c1ncc(-c2ccc(-c3ccc(-c4cnc([C@@H]5CC[C@H](C)N5C(=O)[C@@H](NC(=O)OC)C(C)C)[nH]4)cc3)cc2)[nH]1)C(C)C. The normalized spacial score (nSPS) is 20.6. The number of methoxy groups -OCH3 is 2. The van der Waals surface area contributed by atoms with Crippen LogP contribution >= 0.6 is 0 Å². The number of hydrogen-bond acceptors (Lipinski definition) is 8.